The molecular weight excluding hydrogens is 224 g/mol. The molecule has 0 aliphatic carbocycles. The van der Waals surface area contributed by atoms with Gasteiger partial charge in [-0.15, -0.1) is 19.0 Å². The van der Waals surface area contributed by atoms with Gasteiger partial charge in [-0.05, 0) is 24.7 Å². The Morgan fingerprint density at radius 1 is 1.44 bits per heavy atom. The van der Waals surface area contributed by atoms with E-state index in [-0.39, 0.29) is 30.3 Å². The summed E-state index contributed by atoms with van der Waals surface area (Å²) in [5.74, 6) is 0.895. The quantitative estimate of drug-likeness (QED) is 0.773. The van der Waals surface area contributed by atoms with Gasteiger partial charge < -0.3 is 10.6 Å². The molecule has 3 nitrogen and oxygen atoms in total. The molecule has 1 amide bonds. The van der Waals surface area contributed by atoms with Crippen molar-refractivity contribution in [2.75, 3.05) is 13.1 Å². The van der Waals surface area contributed by atoms with E-state index in [0.717, 1.165) is 25.9 Å². The van der Waals surface area contributed by atoms with Crippen molar-refractivity contribution < 1.29 is 4.79 Å². The highest BCUT2D eigenvalue weighted by atomic mass is 35.5. The second kappa shape index (κ2) is 6.92. The summed E-state index contributed by atoms with van der Waals surface area (Å²) in [6.45, 7) is 9.42. The lowest BCUT2D eigenvalue weighted by molar-refractivity contribution is -0.134. The summed E-state index contributed by atoms with van der Waals surface area (Å²) < 4.78 is 0. The van der Waals surface area contributed by atoms with Crippen LogP contribution in [0.25, 0.3) is 0 Å². The highest BCUT2D eigenvalue weighted by Crippen LogP contribution is 2.18. The average molecular weight is 247 g/mol. The maximum absolute atomic E-state index is 11.9. The van der Waals surface area contributed by atoms with Gasteiger partial charge in [-0.3, -0.25) is 4.79 Å². The van der Waals surface area contributed by atoms with E-state index >= 15 is 0 Å². The first-order valence-electron chi connectivity index (χ1n) is 5.73. The zero-order valence-corrected chi connectivity index (χ0v) is 11.0. The summed E-state index contributed by atoms with van der Waals surface area (Å²) in [5, 5.41) is 0. The van der Waals surface area contributed by atoms with Crippen LogP contribution in [0.4, 0.5) is 0 Å². The minimum absolute atomic E-state index is 0. The first kappa shape index (κ1) is 15.5. The molecule has 1 fully saturated rings. The lowest BCUT2D eigenvalue weighted by atomic mass is 9.95. The standard InChI is InChI=1S/C12H22N2O.ClH/c1-4-10-5-7-14(8-6-10)12(15)11(13)9(2)3;/h4,9-11H,1,5-8,13H2,2-3H3;1H/t11-;/m1./s1. The van der Waals surface area contributed by atoms with Crippen molar-refractivity contribution in [2.24, 2.45) is 17.6 Å². The normalized spacial score (nSPS) is 19.1. The zero-order valence-electron chi connectivity index (χ0n) is 10.2. The topological polar surface area (TPSA) is 46.3 Å². The second-order valence-corrected chi connectivity index (χ2v) is 4.67. The molecule has 0 radical (unpaired) electrons. The number of amides is 1. The Morgan fingerprint density at radius 2 is 1.94 bits per heavy atom. The van der Waals surface area contributed by atoms with Crippen LogP contribution in [0, 0.1) is 11.8 Å². The summed E-state index contributed by atoms with van der Waals surface area (Å²) in [7, 11) is 0. The van der Waals surface area contributed by atoms with Gasteiger partial charge in [0.25, 0.3) is 0 Å². The third-order valence-corrected chi connectivity index (χ3v) is 3.19. The molecule has 4 heteroatoms. The fraction of sp³-hybridized carbons (Fsp3) is 0.750. The Balaban J connectivity index is 0.00000225. The molecule has 0 bridgehead atoms. The zero-order chi connectivity index (χ0) is 11.4. The van der Waals surface area contributed by atoms with Crippen molar-refractivity contribution in [3.63, 3.8) is 0 Å². The van der Waals surface area contributed by atoms with Crippen molar-refractivity contribution in [3.8, 4) is 0 Å². The van der Waals surface area contributed by atoms with E-state index in [1.54, 1.807) is 0 Å². The van der Waals surface area contributed by atoms with Crippen LogP contribution in [-0.2, 0) is 4.79 Å². The van der Waals surface area contributed by atoms with Crippen LogP contribution in [0.15, 0.2) is 12.7 Å². The van der Waals surface area contributed by atoms with Gasteiger partial charge in [-0.2, -0.15) is 0 Å². The highest BCUT2D eigenvalue weighted by Gasteiger charge is 2.26. The molecule has 0 saturated carbocycles. The molecule has 1 saturated heterocycles. The Morgan fingerprint density at radius 3 is 2.31 bits per heavy atom. The summed E-state index contributed by atoms with van der Waals surface area (Å²) in [5.41, 5.74) is 5.85. The van der Waals surface area contributed by atoms with E-state index in [9.17, 15) is 4.79 Å². The van der Waals surface area contributed by atoms with Crippen molar-refractivity contribution in [2.45, 2.75) is 32.7 Å². The van der Waals surface area contributed by atoms with Crippen LogP contribution in [0.5, 0.6) is 0 Å². The lowest BCUT2D eigenvalue weighted by Crippen LogP contribution is -2.49. The molecule has 1 aliphatic heterocycles. The number of hydrogen-bond acceptors (Lipinski definition) is 2. The second-order valence-electron chi connectivity index (χ2n) is 4.67. The number of hydrogen-bond donors (Lipinski definition) is 1. The maximum Gasteiger partial charge on any atom is 0.239 e. The summed E-state index contributed by atoms with van der Waals surface area (Å²) >= 11 is 0. The minimum Gasteiger partial charge on any atom is -0.341 e. The largest absolute Gasteiger partial charge is 0.341 e. The number of carbonyl (C=O) groups excluding carboxylic acids is 1. The Labute approximate surface area is 104 Å². The molecular formula is C12H23ClN2O. The molecule has 1 aliphatic rings. The van der Waals surface area contributed by atoms with Crippen LogP contribution in [0.2, 0.25) is 0 Å². The Hall–Kier alpha value is -0.540. The molecule has 2 N–H and O–H groups in total. The van der Waals surface area contributed by atoms with E-state index < -0.39 is 0 Å². The molecule has 0 aromatic carbocycles. The number of allylic oxidation sites excluding steroid dienone is 1. The first-order valence-corrected chi connectivity index (χ1v) is 5.73. The monoisotopic (exact) mass is 246 g/mol. The summed E-state index contributed by atoms with van der Waals surface area (Å²) in [6.07, 6.45) is 4.05. The molecule has 1 rings (SSSR count). The highest BCUT2D eigenvalue weighted by molar-refractivity contribution is 5.85. The van der Waals surface area contributed by atoms with E-state index in [1.807, 2.05) is 24.8 Å². The van der Waals surface area contributed by atoms with Gasteiger partial charge in [0.05, 0.1) is 6.04 Å². The van der Waals surface area contributed by atoms with Crippen molar-refractivity contribution in [1.82, 2.24) is 4.90 Å². The lowest BCUT2D eigenvalue weighted by Gasteiger charge is -2.33. The third-order valence-electron chi connectivity index (χ3n) is 3.19. The smallest absolute Gasteiger partial charge is 0.239 e. The fourth-order valence-corrected chi connectivity index (χ4v) is 1.85. The van der Waals surface area contributed by atoms with Crippen molar-refractivity contribution in [3.05, 3.63) is 12.7 Å². The van der Waals surface area contributed by atoms with Crippen molar-refractivity contribution in [1.29, 1.82) is 0 Å². The number of halogens is 1. The predicted molar refractivity (Wildman–Crippen MR) is 69.6 cm³/mol. The van der Waals surface area contributed by atoms with Gasteiger partial charge in [0, 0.05) is 13.1 Å². The van der Waals surface area contributed by atoms with Crippen LogP contribution >= 0.6 is 12.4 Å². The average Bonchev–Trinajstić information content (AvgIpc) is 2.27. The molecule has 1 heterocycles. The number of nitrogens with zero attached hydrogens (tertiary/aromatic N) is 1. The van der Waals surface area contributed by atoms with Crippen LogP contribution in [0.1, 0.15) is 26.7 Å². The number of piperidine rings is 1. The number of nitrogens with two attached hydrogens (primary N) is 1. The number of likely N-dealkylation sites (tertiary alicyclic amines) is 1. The number of carbonyl (C=O) groups is 1. The Bertz CT molecular complexity index is 235. The minimum atomic E-state index is -0.342. The van der Waals surface area contributed by atoms with E-state index in [4.69, 9.17) is 5.73 Å². The van der Waals surface area contributed by atoms with E-state index in [1.165, 1.54) is 0 Å². The van der Waals surface area contributed by atoms with Crippen molar-refractivity contribution >= 4 is 18.3 Å². The van der Waals surface area contributed by atoms with E-state index in [0.29, 0.717) is 5.92 Å². The molecule has 1 atom stereocenters. The van der Waals surface area contributed by atoms with Gasteiger partial charge in [0.1, 0.15) is 0 Å². The van der Waals surface area contributed by atoms with E-state index in [2.05, 4.69) is 6.58 Å². The molecule has 94 valence electrons. The number of rotatable bonds is 3. The third kappa shape index (κ3) is 3.80. The predicted octanol–water partition coefficient (Wildman–Crippen LogP) is 1.82. The maximum atomic E-state index is 11.9. The SMILES string of the molecule is C=CC1CCN(C(=O)[C@H](N)C(C)C)CC1.Cl. The summed E-state index contributed by atoms with van der Waals surface area (Å²) in [6, 6.07) is -0.342. The van der Waals surface area contributed by atoms with Gasteiger partial charge >= 0.3 is 0 Å². The molecule has 0 unspecified atom stereocenters. The summed E-state index contributed by atoms with van der Waals surface area (Å²) in [4.78, 5) is 13.8. The fourth-order valence-electron chi connectivity index (χ4n) is 1.85. The molecule has 0 spiro atoms. The van der Waals surface area contributed by atoms with Gasteiger partial charge in [0.2, 0.25) is 5.91 Å². The van der Waals surface area contributed by atoms with Crippen LogP contribution in [0.3, 0.4) is 0 Å². The Kier molecular flexibility index (Phi) is 6.68. The first-order chi connectivity index (χ1) is 7.06. The molecule has 0 aromatic heterocycles. The van der Waals surface area contributed by atoms with Crippen LogP contribution in [-0.4, -0.2) is 29.9 Å². The van der Waals surface area contributed by atoms with Gasteiger partial charge in [-0.25, -0.2) is 0 Å². The molecule has 16 heavy (non-hydrogen) atoms. The van der Waals surface area contributed by atoms with Crippen LogP contribution < -0.4 is 5.73 Å². The van der Waals surface area contributed by atoms with Gasteiger partial charge in [-0.1, -0.05) is 19.9 Å². The molecule has 0 aromatic rings. The van der Waals surface area contributed by atoms with Gasteiger partial charge in [0.15, 0.2) is 0 Å².